The Kier molecular flexibility index (Phi) is 4.97. The quantitative estimate of drug-likeness (QED) is 0.686. The van der Waals surface area contributed by atoms with Crippen LogP contribution in [0.4, 0.5) is 5.82 Å². The lowest BCUT2D eigenvalue weighted by Gasteiger charge is -2.25. The lowest BCUT2D eigenvalue weighted by Crippen LogP contribution is -2.32. The molecule has 4 heterocycles. The SMILES string of the molecule is COc1cc(-c2cn(C)c3cnc(NC(C)=O)cc23)nc([C@@]2(CO)CCOC2)c1. The number of nitrogens with zero attached hydrogens (tertiary/aromatic N) is 3. The first-order valence-electron chi connectivity index (χ1n) is 9.44. The first kappa shape index (κ1) is 19.4. The largest absolute Gasteiger partial charge is 0.497 e. The van der Waals surface area contributed by atoms with Crippen molar-refractivity contribution < 1.29 is 19.4 Å². The highest BCUT2D eigenvalue weighted by molar-refractivity contribution is 5.98. The molecule has 0 spiro atoms. The number of nitrogens with one attached hydrogen (secondary N) is 1. The molecule has 1 amide bonds. The number of methoxy groups -OCH3 is 1. The molecular formula is C21H24N4O4. The van der Waals surface area contributed by atoms with Gasteiger partial charge in [0.25, 0.3) is 0 Å². The summed E-state index contributed by atoms with van der Waals surface area (Å²) < 4.78 is 13.0. The van der Waals surface area contributed by atoms with Gasteiger partial charge in [-0.2, -0.15) is 0 Å². The molecule has 3 aromatic rings. The van der Waals surface area contributed by atoms with E-state index in [9.17, 15) is 9.90 Å². The van der Waals surface area contributed by atoms with E-state index < -0.39 is 5.41 Å². The summed E-state index contributed by atoms with van der Waals surface area (Å²) in [7, 11) is 3.55. The molecule has 8 nitrogen and oxygen atoms in total. The zero-order chi connectivity index (χ0) is 20.6. The maximum absolute atomic E-state index is 11.4. The fourth-order valence-corrected chi connectivity index (χ4v) is 3.78. The van der Waals surface area contributed by atoms with E-state index in [1.165, 1.54) is 6.92 Å². The van der Waals surface area contributed by atoms with Crippen molar-refractivity contribution in [3.05, 3.63) is 36.3 Å². The number of fused-ring (bicyclic) bond motifs is 1. The molecule has 0 saturated carbocycles. The fourth-order valence-electron chi connectivity index (χ4n) is 3.78. The summed E-state index contributed by atoms with van der Waals surface area (Å²) in [6.45, 7) is 2.43. The number of pyridine rings is 2. The number of hydrogen-bond acceptors (Lipinski definition) is 6. The van der Waals surface area contributed by atoms with Crippen molar-refractivity contribution in [3.8, 4) is 17.0 Å². The van der Waals surface area contributed by atoms with Crippen LogP contribution in [0.2, 0.25) is 0 Å². The van der Waals surface area contributed by atoms with Crippen LogP contribution in [0.1, 0.15) is 19.0 Å². The van der Waals surface area contributed by atoms with Gasteiger partial charge in [0.1, 0.15) is 11.6 Å². The van der Waals surface area contributed by atoms with Crippen LogP contribution in [0.25, 0.3) is 22.2 Å². The van der Waals surface area contributed by atoms with Crippen LogP contribution in [-0.2, 0) is 22.0 Å². The van der Waals surface area contributed by atoms with E-state index in [-0.39, 0.29) is 12.5 Å². The lowest BCUT2D eigenvalue weighted by molar-refractivity contribution is -0.114. The summed E-state index contributed by atoms with van der Waals surface area (Å²) in [5.74, 6) is 0.969. The minimum absolute atomic E-state index is 0.0429. The number of hydrogen-bond donors (Lipinski definition) is 2. The van der Waals surface area contributed by atoms with Crippen molar-refractivity contribution in [2.45, 2.75) is 18.8 Å². The van der Waals surface area contributed by atoms with Gasteiger partial charge in [0.2, 0.25) is 5.91 Å². The molecule has 29 heavy (non-hydrogen) atoms. The van der Waals surface area contributed by atoms with Crippen LogP contribution in [-0.4, -0.2) is 52.5 Å². The molecule has 1 aliphatic heterocycles. The molecule has 0 bridgehead atoms. The van der Waals surface area contributed by atoms with Crippen molar-refractivity contribution in [1.29, 1.82) is 0 Å². The summed E-state index contributed by atoms with van der Waals surface area (Å²) >= 11 is 0. The summed E-state index contributed by atoms with van der Waals surface area (Å²) in [5.41, 5.74) is 2.76. The number of ether oxygens (including phenoxy) is 2. The predicted molar refractivity (Wildman–Crippen MR) is 109 cm³/mol. The van der Waals surface area contributed by atoms with Crippen molar-refractivity contribution >= 4 is 22.6 Å². The maximum atomic E-state index is 11.4. The number of amides is 1. The van der Waals surface area contributed by atoms with Gasteiger partial charge in [-0.25, -0.2) is 4.98 Å². The van der Waals surface area contributed by atoms with Gasteiger partial charge in [-0.05, 0) is 12.5 Å². The Morgan fingerprint density at radius 3 is 2.90 bits per heavy atom. The fraction of sp³-hybridized carbons (Fsp3) is 0.381. The molecule has 0 unspecified atom stereocenters. The molecule has 0 aromatic carbocycles. The normalized spacial score (nSPS) is 18.9. The molecule has 4 rings (SSSR count). The number of carbonyl (C=O) groups excluding carboxylic acids is 1. The Hall–Kier alpha value is -2.97. The van der Waals surface area contributed by atoms with E-state index in [0.29, 0.717) is 31.2 Å². The predicted octanol–water partition coefficient (Wildman–Crippen LogP) is 2.25. The summed E-state index contributed by atoms with van der Waals surface area (Å²) in [5, 5.41) is 13.7. The molecule has 3 aromatic heterocycles. The highest BCUT2D eigenvalue weighted by atomic mass is 16.5. The van der Waals surface area contributed by atoms with E-state index in [0.717, 1.165) is 27.9 Å². The summed E-state index contributed by atoms with van der Waals surface area (Å²) in [6, 6.07) is 5.58. The van der Waals surface area contributed by atoms with Gasteiger partial charge < -0.3 is 24.5 Å². The molecule has 0 aliphatic carbocycles. The van der Waals surface area contributed by atoms with Crippen molar-refractivity contribution in [2.24, 2.45) is 7.05 Å². The molecule has 1 fully saturated rings. The smallest absolute Gasteiger partial charge is 0.222 e. The number of rotatable bonds is 5. The van der Waals surface area contributed by atoms with Crippen LogP contribution >= 0.6 is 0 Å². The molecular weight excluding hydrogens is 372 g/mol. The number of aliphatic hydroxyl groups is 1. The number of aryl methyl sites for hydroxylation is 1. The minimum Gasteiger partial charge on any atom is -0.497 e. The minimum atomic E-state index is -0.531. The first-order valence-corrected chi connectivity index (χ1v) is 9.44. The van der Waals surface area contributed by atoms with Crippen LogP contribution in [0.3, 0.4) is 0 Å². The van der Waals surface area contributed by atoms with Crippen LogP contribution in [0.15, 0.2) is 30.6 Å². The lowest BCUT2D eigenvalue weighted by atomic mass is 9.84. The van der Waals surface area contributed by atoms with Gasteiger partial charge in [0, 0.05) is 49.9 Å². The third-order valence-electron chi connectivity index (χ3n) is 5.44. The van der Waals surface area contributed by atoms with Gasteiger partial charge in [-0.1, -0.05) is 0 Å². The van der Waals surface area contributed by atoms with E-state index in [1.54, 1.807) is 13.3 Å². The second-order valence-corrected chi connectivity index (χ2v) is 7.44. The second kappa shape index (κ2) is 7.46. The molecule has 1 atom stereocenters. The second-order valence-electron chi connectivity index (χ2n) is 7.44. The van der Waals surface area contributed by atoms with Crippen molar-refractivity contribution in [2.75, 3.05) is 32.2 Å². The van der Waals surface area contributed by atoms with E-state index in [1.807, 2.05) is 36.0 Å². The third-order valence-corrected chi connectivity index (χ3v) is 5.44. The van der Waals surface area contributed by atoms with Gasteiger partial charge in [-0.15, -0.1) is 0 Å². The number of anilines is 1. The van der Waals surface area contributed by atoms with E-state index >= 15 is 0 Å². The summed E-state index contributed by atoms with van der Waals surface area (Å²) in [6.07, 6.45) is 4.41. The van der Waals surface area contributed by atoms with Gasteiger partial charge >= 0.3 is 0 Å². The topological polar surface area (TPSA) is 98.5 Å². The Labute approximate surface area is 168 Å². The van der Waals surface area contributed by atoms with Crippen molar-refractivity contribution in [3.63, 3.8) is 0 Å². The maximum Gasteiger partial charge on any atom is 0.222 e. The van der Waals surface area contributed by atoms with E-state index in [2.05, 4.69) is 10.3 Å². The van der Waals surface area contributed by atoms with Crippen LogP contribution in [0, 0.1) is 0 Å². The molecule has 0 radical (unpaired) electrons. The Bertz CT molecular complexity index is 1070. The molecule has 2 N–H and O–H groups in total. The first-order chi connectivity index (χ1) is 14.0. The Morgan fingerprint density at radius 1 is 1.41 bits per heavy atom. The molecule has 8 heteroatoms. The number of carbonyl (C=O) groups is 1. The van der Waals surface area contributed by atoms with Gasteiger partial charge in [-0.3, -0.25) is 9.78 Å². The average molecular weight is 396 g/mol. The van der Waals surface area contributed by atoms with E-state index in [4.69, 9.17) is 14.5 Å². The number of aliphatic hydroxyl groups excluding tert-OH is 1. The van der Waals surface area contributed by atoms with Crippen molar-refractivity contribution in [1.82, 2.24) is 14.5 Å². The zero-order valence-electron chi connectivity index (χ0n) is 16.7. The highest BCUT2D eigenvalue weighted by Gasteiger charge is 2.38. The Morgan fingerprint density at radius 2 is 2.24 bits per heavy atom. The van der Waals surface area contributed by atoms with Crippen LogP contribution < -0.4 is 10.1 Å². The standard InChI is InChI=1S/C21H24N4O4/c1-13(27)23-20-8-15-16(10-25(2)18(15)9-22-20)17-6-14(28-3)7-19(24-17)21(11-26)4-5-29-12-21/h6-10,26H,4-5,11-12H2,1-3H3,(H,22,23,27)/t21-/m1/s1. The Balaban J connectivity index is 1.89. The number of aromatic nitrogens is 3. The zero-order valence-corrected chi connectivity index (χ0v) is 16.7. The molecule has 1 saturated heterocycles. The molecule has 152 valence electrons. The highest BCUT2D eigenvalue weighted by Crippen LogP contribution is 2.37. The molecule has 1 aliphatic rings. The summed E-state index contributed by atoms with van der Waals surface area (Å²) in [4.78, 5) is 20.6. The monoisotopic (exact) mass is 396 g/mol. The van der Waals surface area contributed by atoms with Gasteiger partial charge in [0.05, 0.1) is 48.8 Å². The van der Waals surface area contributed by atoms with Gasteiger partial charge in [0.15, 0.2) is 0 Å². The van der Waals surface area contributed by atoms with Crippen LogP contribution in [0.5, 0.6) is 5.75 Å². The average Bonchev–Trinajstić information content (AvgIpc) is 3.33. The third kappa shape index (κ3) is 3.45.